The van der Waals surface area contributed by atoms with Crippen molar-refractivity contribution in [2.45, 2.75) is 13.3 Å². The third-order valence-electron chi connectivity index (χ3n) is 4.52. The summed E-state index contributed by atoms with van der Waals surface area (Å²) in [5.74, 6) is -1.25. The van der Waals surface area contributed by atoms with E-state index in [2.05, 4.69) is 10.6 Å². The molecule has 0 unspecified atom stereocenters. The fraction of sp³-hybridized carbons (Fsp3) is 0.304. The number of carbonyl (C=O) groups excluding carboxylic acids is 4. The van der Waals surface area contributed by atoms with E-state index in [0.29, 0.717) is 17.0 Å². The average Bonchev–Trinajstić information content (AvgIpc) is 2.77. The minimum Gasteiger partial charge on any atom is -0.497 e. The zero-order chi connectivity index (χ0) is 23.5. The summed E-state index contributed by atoms with van der Waals surface area (Å²) >= 11 is 0. The molecule has 9 heteroatoms. The number of carbonyl (C=O) groups is 4. The van der Waals surface area contributed by atoms with Crippen LogP contribution in [-0.2, 0) is 19.1 Å². The molecule has 2 rings (SSSR count). The van der Waals surface area contributed by atoms with Gasteiger partial charge in [0, 0.05) is 30.9 Å². The van der Waals surface area contributed by atoms with Crippen LogP contribution in [0.4, 0.5) is 5.69 Å². The maximum absolute atomic E-state index is 12.1. The molecule has 0 heterocycles. The highest BCUT2D eigenvalue weighted by Crippen LogP contribution is 2.16. The fourth-order valence-corrected chi connectivity index (χ4v) is 2.73. The van der Waals surface area contributed by atoms with E-state index in [0.717, 1.165) is 10.5 Å². The van der Waals surface area contributed by atoms with E-state index in [1.54, 1.807) is 36.4 Å². The molecule has 0 spiro atoms. The third kappa shape index (κ3) is 7.75. The second-order valence-corrected chi connectivity index (χ2v) is 7.01. The lowest BCUT2D eigenvalue weighted by atomic mass is 10.1. The Morgan fingerprint density at radius 1 is 1.03 bits per heavy atom. The molecule has 0 fully saturated rings. The van der Waals surface area contributed by atoms with Gasteiger partial charge in [-0.2, -0.15) is 0 Å². The van der Waals surface area contributed by atoms with Gasteiger partial charge in [-0.05, 0) is 30.7 Å². The summed E-state index contributed by atoms with van der Waals surface area (Å²) in [4.78, 5) is 49.3. The van der Waals surface area contributed by atoms with Gasteiger partial charge in [0.2, 0.25) is 5.91 Å². The van der Waals surface area contributed by atoms with Crippen LogP contribution in [0, 0.1) is 6.92 Å². The van der Waals surface area contributed by atoms with Gasteiger partial charge in [0.15, 0.2) is 6.61 Å². The number of hydrogen-bond donors (Lipinski definition) is 2. The summed E-state index contributed by atoms with van der Waals surface area (Å²) in [5.41, 5.74) is 1.90. The van der Waals surface area contributed by atoms with Crippen molar-refractivity contribution in [3.8, 4) is 5.75 Å². The fourth-order valence-electron chi connectivity index (χ4n) is 2.73. The lowest BCUT2D eigenvalue weighted by Gasteiger charge is -2.17. The Morgan fingerprint density at radius 3 is 2.50 bits per heavy atom. The number of anilines is 1. The van der Waals surface area contributed by atoms with Crippen molar-refractivity contribution >= 4 is 29.4 Å². The van der Waals surface area contributed by atoms with Crippen molar-refractivity contribution < 1.29 is 28.7 Å². The Hall–Kier alpha value is -3.88. The van der Waals surface area contributed by atoms with Gasteiger partial charge in [-0.25, -0.2) is 0 Å². The number of ether oxygens (including phenoxy) is 2. The molecule has 2 aromatic carbocycles. The second kappa shape index (κ2) is 12.1. The highest BCUT2D eigenvalue weighted by atomic mass is 16.5. The summed E-state index contributed by atoms with van der Waals surface area (Å²) < 4.78 is 10.0. The van der Waals surface area contributed by atoms with Crippen molar-refractivity contribution in [2.24, 2.45) is 0 Å². The van der Waals surface area contributed by atoms with Gasteiger partial charge in [0.1, 0.15) is 5.75 Å². The molecule has 32 heavy (non-hydrogen) atoms. The van der Waals surface area contributed by atoms with E-state index in [1.165, 1.54) is 14.2 Å². The Kier molecular flexibility index (Phi) is 9.22. The predicted molar refractivity (Wildman–Crippen MR) is 118 cm³/mol. The van der Waals surface area contributed by atoms with Crippen molar-refractivity contribution in [1.82, 2.24) is 10.2 Å². The minimum absolute atomic E-state index is 0.0784. The van der Waals surface area contributed by atoms with Gasteiger partial charge in [-0.15, -0.1) is 0 Å². The number of benzene rings is 2. The largest absolute Gasteiger partial charge is 0.497 e. The average molecular weight is 441 g/mol. The van der Waals surface area contributed by atoms with E-state index < -0.39 is 24.4 Å². The molecule has 170 valence electrons. The number of rotatable bonds is 10. The van der Waals surface area contributed by atoms with Crippen LogP contribution in [0.25, 0.3) is 0 Å². The number of esters is 1. The first-order valence-corrected chi connectivity index (χ1v) is 9.97. The number of likely N-dealkylation sites (N-methyl/N-ethyl adjacent to an activating group) is 1. The van der Waals surface area contributed by atoms with Gasteiger partial charge in [-0.3, -0.25) is 19.2 Å². The van der Waals surface area contributed by atoms with Gasteiger partial charge in [0.25, 0.3) is 11.8 Å². The molecule has 9 nitrogen and oxygen atoms in total. The monoisotopic (exact) mass is 441 g/mol. The van der Waals surface area contributed by atoms with Gasteiger partial charge in [0.05, 0.1) is 20.1 Å². The standard InChI is InChI=1S/C23H27N3O6/c1-16-7-4-5-10-19(16)23(30)24-12-11-22(29)32-15-21(28)26(2)14-20(27)25-17-8-6-9-18(13-17)31-3/h4-10,13H,11-12,14-15H2,1-3H3,(H,24,30)(H,25,27). The van der Waals surface area contributed by atoms with Crippen LogP contribution in [0.3, 0.4) is 0 Å². The van der Waals surface area contributed by atoms with Crippen molar-refractivity contribution in [2.75, 3.05) is 39.2 Å². The van der Waals surface area contributed by atoms with Gasteiger partial charge < -0.3 is 25.0 Å². The molecule has 0 atom stereocenters. The number of hydrogen-bond acceptors (Lipinski definition) is 6. The quantitative estimate of drug-likeness (QED) is 0.543. The molecule has 0 aliphatic carbocycles. The normalized spacial score (nSPS) is 10.1. The third-order valence-corrected chi connectivity index (χ3v) is 4.52. The molecule has 0 radical (unpaired) electrons. The molecule has 0 saturated carbocycles. The van der Waals surface area contributed by atoms with E-state index in [4.69, 9.17) is 9.47 Å². The Balaban J connectivity index is 1.68. The molecular formula is C23H27N3O6. The number of nitrogens with one attached hydrogen (secondary N) is 2. The molecule has 0 aliphatic rings. The van der Waals surface area contributed by atoms with Crippen LogP contribution in [0.2, 0.25) is 0 Å². The molecule has 3 amide bonds. The van der Waals surface area contributed by atoms with Crippen molar-refractivity contribution in [3.63, 3.8) is 0 Å². The zero-order valence-corrected chi connectivity index (χ0v) is 18.3. The second-order valence-electron chi connectivity index (χ2n) is 7.01. The SMILES string of the molecule is COc1cccc(NC(=O)CN(C)C(=O)COC(=O)CCNC(=O)c2ccccc2C)c1. The van der Waals surface area contributed by atoms with Crippen LogP contribution in [0.1, 0.15) is 22.3 Å². The first-order chi connectivity index (χ1) is 15.3. The molecule has 2 N–H and O–H groups in total. The summed E-state index contributed by atoms with van der Waals surface area (Å²) in [7, 11) is 2.95. The summed E-state index contributed by atoms with van der Waals surface area (Å²) in [6.45, 7) is 1.20. The van der Waals surface area contributed by atoms with E-state index >= 15 is 0 Å². The predicted octanol–water partition coefficient (Wildman–Crippen LogP) is 1.76. The van der Waals surface area contributed by atoms with Crippen LogP contribution >= 0.6 is 0 Å². The van der Waals surface area contributed by atoms with E-state index in [1.807, 2.05) is 19.1 Å². The summed E-state index contributed by atoms with van der Waals surface area (Å²) in [6.07, 6.45) is -0.0784. The number of amides is 3. The highest BCUT2D eigenvalue weighted by Gasteiger charge is 2.16. The lowest BCUT2D eigenvalue weighted by Crippen LogP contribution is -2.37. The van der Waals surface area contributed by atoms with Gasteiger partial charge >= 0.3 is 5.97 Å². The molecule has 0 aliphatic heterocycles. The number of nitrogens with zero attached hydrogens (tertiary/aromatic N) is 1. The minimum atomic E-state index is -0.627. The van der Waals surface area contributed by atoms with Gasteiger partial charge in [-0.1, -0.05) is 24.3 Å². The topological polar surface area (TPSA) is 114 Å². The zero-order valence-electron chi connectivity index (χ0n) is 18.3. The van der Waals surface area contributed by atoms with E-state index in [-0.39, 0.29) is 25.4 Å². The van der Waals surface area contributed by atoms with Crippen LogP contribution < -0.4 is 15.4 Å². The lowest BCUT2D eigenvalue weighted by molar-refractivity contribution is -0.151. The summed E-state index contributed by atoms with van der Waals surface area (Å²) in [6, 6.07) is 13.9. The van der Waals surface area contributed by atoms with Crippen molar-refractivity contribution in [1.29, 1.82) is 0 Å². The first kappa shape index (κ1) is 24.4. The van der Waals surface area contributed by atoms with Crippen molar-refractivity contribution in [3.05, 3.63) is 59.7 Å². The number of methoxy groups -OCH3 is 1. The molecule has 0 bridgehead atoms. The Bertz CT molecular complexity index is 976. The van der Waals surface area contributed by atoms with Crippen LogP contribution in [0.5, 0.6) is 5.75 Å². The Labute approximate surface area is 186 Å². The molecule has 0 saturated heterocycles. The summed E-state index contributed by atoms with van der Waals surface area (Å²) in [5, 5.41) is 5.30. The highest BCUT2D eigenvalue weighted by molar-refractivity contribution is 5.96. The van der Waals surface area contributed by atoms with E-state index in [9.17, 15) is 19.2 Å². The first-order valence-electron chi connectivity index (χ1n) is 9.97. The van der Waals surface area contributed by atoms with Crippen LogP contribution in [-0.4, -0.2) is 62.4 Å². The molecule has 0 aromatic heterocycles. The Morgan fingerprint density at radius 2 is 1.78 bits per heavy atom. The maximum Gasteiger partial charge on any atom is 0.308 e. The smallest absolute Gasteiger partial charge is 0.308 e. The number of aryl methyl sites for hydroxylation is 1. The molecule has 2 aromatic rings. The van der Waals surface area contributed by atoms with Crippen LogP contribution in [0.15, 0.2) is 48.5 Å². The maximum atomic E-state index is 12.1. The molecular weight excluding hydrogens is 414 g/mol.